The number of ketones is 1. The molecule has 0 spiro atoms. The third kappa shape index (κ3) is 3.11. The van der Waals surface area contributed by atoms with Crippen LogP contribution in [0.25, 0.3) is 0 Å². The third-order valence-corrected chi connectivity index (χ3v) is 5.70. The summed E-state index contributed by atoms with van der Waals surface area (Å²) < 4.78 is 25.1. The Labute approximate surface area is 120 Å². The minimum absolute atomic E-state index is 0.0424. The van der Waals surface area contributed by atoms with Gasteiger partial charge < -0.3 is 0 Å². The quantitative estimate of drug-likeness (QED) is 0.797. The molecule has 0 radical (unpaired) electrons. The minimum Gasteiger partial charge on any atom is -0.292 e. The van der Waals surface area contributed by atoms with Gasteiger partial charge in [-0.3, -0.25) is 9.48 Å². The highest BCUT2D eigenvalue weighted by molar-refractivity contribution is 7.91. The van der Waals surface area contributed by atoms with Crippen LogP contribution in [0.1, 0.15) is 48.8 Å². The lowest BCUT2D eigenvalue weighted by Crippen LogP contribution is -2.31. The van der Waals surface area contributed by atoms with E-state index in [-0.39, 0.29) is 17.0 Å². The number of carbonyl (C=O) groups is 1. The number of nitrogens with zero attached hydrogens (tertiary/aromatic N) is 2. The van der Waals surface area contributed by atoms with Crippen molar-refractivity contribution in [2.75, 3.05) is 6.26 Å². The third-order valence-electron chi connectivity index (χ3n) is 4.06. The summed E-state index contributed by atoms with van der Waals surface area (Å²) >= 11 is 0. The maximum absolute atomic E-state index is 12.6. The summed E-state index contributed by atoms with van der Waals surface area (Å²) in [5.41, 5.74) is 1.44. The Kier molecular flexibility index (Phi) is 4.32. The zero-order chi connectivity index (χ0) is 14.9. The molecule has 2 unspecified atom stereocenters. The maximum atomic E-state index is 12.6. The van der Waals surface area contributed by atoms with Crippen molar-refractivity contribution in [1.29, 1.82) is 0 Å². The van der Waals surface area contributed by atoms with Crippen LogP contribution in [-0.2, 0) is 16.4 Å². The normalized spacial score (nSPS) is 23.8. The molecule has 0 saturated heterocycles. The number of Topliss-reactive ketones (excluding diaryl/α,β-unsaturated/α-hetero) is 1. The molecule has 2 rings (SSSR count). The van der Waals surface area contributed by atoms with Gasteiger partial charge in [0.25, 0.3) is 0 Å². The van der Waals surface area contributed by atoms with E-state index in [1.165, 1.54) is 6.26 Å². The fraction of sp³-hybridized carbons (Fsp3) is 0.714. The van der Waals surface area contributed by atoms with Crippen molar-refractivity contribution in [2.45, 2.75) is 51.3 Å². The molecule has 5 nitrogen and oxygen atoms in total. The van der Waals surface area contributed by atoms with Gasteiger partial charge in [0.05, 0.1) is 10.9 Å². The molecule has 0 N–H and O–H groups in total. The van der Waals surface area contributed by atoms with Crippen LogP contribution in [0.3, 0.4) is 0 Å². The van der Waals surface area contributed by atoms with Crippen LogP contribution in [0.4, 0.5) is 0 Å². The molecule has 1 fully saturated rings. The van der Waals surface area contributed by atoms with Crippen molar-refractivity contribution in [3.8, 4) is 0 Å². The minimum atomic E-state index is -3.06. The predicted molar refractivity (Wildman–Crippen MR) is 77.6 cm³/mol. The van der Waals surface area contributed by atoms with Crippen molar-refractivity contribution < 1.29 is 13.2 Å². The van der Waals surface area contributed by atoms with Crippen molar-refractivity contribution in [3.05, 3.63) is 17.5 Å². The highest BCUT2D eigenvalue weighted by Gasteiger charge is 2.33. The number of rotatable bonds is 4. The highest BCUT2D eigenvalue weighted by Crippen LogP contribution is 2.31. The largest absolute Gasteiger partial charge is 0.292 e. The van der Waals surface area contributed by atoms with Crippen LogP contribution in [0.15, 0.2) is 6.07 Å². The Balaban J connectivity index is 2.20. The SMILES string of the molecule is CCn1nc(C)cc1C(=O)C1CCCC(S(C)(=O)=O)C1. The lowest BCUT2D eigenvalue weighted by Gasteiger charge is -2.27. The Morgan fingerprint density at radius 2 is 2.15 bits per heavy atom. The molecule has 6 heteroatoms. The molecule has 0 bridgehead atoms. The molecule has 1 saturated carbocycles. The molecule has 1 aliphatic carbocycles. The second kappa shape index (κ2) is 5.68. The Hall–Kier alpha value is -1.17. The van der Waals surface area contributed by atoms with E-state index in [0.29, 0.717) is 25.1 Å². The molecule has 0 amide bonds. The molecule has 112 valence electrons. The monoisotopic (exact) mass is 298 g/mol. The van der Waals surface area contributed by atoms with E-state index in [4.69, 9.17) is 0 Å². The number of hydrogen-bond donors (Lipinski definition) is 0. The molecule has 1 heterocycles. The zero-order valence-electron chi connectivity index (χ0n) is 12.3. The van der Waals surface area contributed by atoms with Gasteiger partial charge in [-0.15, -0.1) is 0 Å². The number of aromatic nitrogens is 2. The summed E-state index contributed by atoms with van der Waals surface area (Å²) in [4.78, 5) is 12.6. The summed E-state index contributed by atoms with van der Waals surface area (Å²) in [5, 5.41) is 3.92. The fourth-order valence-electron chi connectivity index (χ4n) is 2.97. The van der Waals surface area contributed by atoms with E-state index in [2.05, 4.69) is 5.10 Å². The van der Waals surface area contributed by atoms with Gasteiger partial charge in [0.15, 0.2) is 5.78 Å². The van der Waals surface area contributed by atoms with Crippen LogP contribution in [0, 0.1) is 12.8 Å². The van der Waals surface area contributed by atoms with Gasteiger partial charge in [0.2, 0.25) is 0 Å². The molecule has 20 heavy (non-hydrogen) atoms. The number of aryl methyl sites for hydroxylation is 2. The van der Waals surface area contributed by atoms with Gasteiger partial charge in [0, 0.05) is 18.7 Å². The summed E-state index contributed by atoms with van der Waals surface area (Å²) in [6, 6.07) is 1.80. The van der Waals surface area contributed by atoms with Gasteiger partial charge in [-0.25, -0.2) is 8.42 Å². The van der Waals surface area contributed by atoms with Crippen LogP contribution in [0.5, 0.6) is 0 Å². The number of hydrogen-bond acceptors (Lipinski definition) is 4. The first-order valence-corrected chi connectivity index (χ1v) is 9.06. The summed E-state index contributed by atoms with van der Waals surface area (Å²) in [7, 11) is -3.06. The second-order valence-electron chi connectivity index (χ2n) is 5.67. The van der Waals surface area contributed by atoms with Crippen LogP contribution >= 0.6 is 0 Å². The van der Waals surface area contributed by atoms with E-state index in [1.54, 1.807) is 10.7 Å². The predicted octanol–water partition coefficient (Wildman–Crippen LogP) is 2.00. The van der Waals surface area contributed by atoms with Gasteiger partial charge in [-0.1, -0.05) is 6.42 Å². The molecule has 1 aliphatic rings. The molecular weight excluding hydrogens is 276 g/mol. The first kappa shape index (κ1) is 15.2. The topological polar surface area (TPSA) is 69.0 Å². The van der Waals surface area contributed by atoms with Gasteiger partial charge in [-0.2, -0.15) is 5.10 Å². The fourth-order valence-corrected chi connectivity index (χ4v) is 4.14. The summed E-state index contributed by atoms with van der Waals surface area (Å²) in [6.45, 7) is 4.46. The van der Waals surface area contributed by atoms with E-state index < -0.39 is 9.84 Å². The molecular formula is C14H22N2O3S. The molecule has 1 aromatic rings. The summed E-state index contributed by atoms with van der Waals surface area (Å²) in [5.74, 6) is -0.148. The highest BCUT2D eigenvalue weighted by atomic mass is 32.2. The maximum Gasteiger partial charge on any atom is 0.183 e. The van der Waals surface area contributed by atoms with Crippen molar-refractivity contribution in [2.24, 2.45) is 5.92 Å². The molecule has 2 atom stereocenters. The summed E-state index contributed by atoms with van der Waals surface area (Å²) in [6.07, 6.45) is 3.97. The van der Waals surface area contributed by atoms with Crippen molar-refractivity contribution in [3.63, 3.8) is 0 Å². The van der Waals surface area contributed by atoms with Gasteiger partial charge in [-0.05, 0) is 39.2 Å². The van der Waals surface area contributed by atoms with Crippen LogP contribution < -0.4 is 0 Å². The van der Waals surface area contributed by atoms with E-state index in [9.17, 15) is 13.2 Å². The molecule has 0 aromatic carbocycles. The second-order valence-corrected chi connectivity index (χ2v) is 7.99. The lowest BCUT2D eigenvalue weighted by atomic mass is 9.85. The Morgan fingerprint density at radius 3 is 2.75 bits per heavy atom. The average Bonchev–Trinajstić information content (AvgIpc) is 2.78. The Bertz CT molecular complexity index is 604. The van der Waals surface area contributed by atoms with Crippen molar-refractivity contribution in [1.82, 2.24) is 9.78 Å². The number of sulfone groups is 1. The number of carbonyl (C=O) groups excluding carboxylic acids is 1. The smallest absolute Gasteiger partial charge is 0.183 e. The van der Waals surface area contributed by atoms with Crippen LogP contribution in [0.2, 0.25) is 0 Å². The molecule has 1 aromatic heterocycles. The van der Waals surface area contributed by atoms with Crippen molar-refractivity contribution >= 4 is 15.6 Å². The first-order valence-electron chi connectivity index (χ1n) is 7.10. The average molecular weight is 298 g/mol. The van der Waals surface area contributed by atoms with E-state index >= 15 is 0 Å². The lowest BCUT2D eigenvalue weighted by molar-refractivity contribution is 0.0879. The van der Waals surface area contributed by atoms with Gasteiger partial charge >= 0.3 is 0 Å². The van der Waals surface area contributed by atoms with Crippen LogP contribution in [-0.4, -0.2) is 35.5 Å². The van der Waals surface area contributed by atoms with E-state index in [0.717, 1.165) is 18.5 Å². The van der Waals surface area contributed by atoms with E-state index in [1.807, 2.05) is 13.8 Å². The first-order chi connectivity index (χ1) is 9.32. The zero-order valence-corrected chi connectivity index (χ0v) is 13.1. The Morgan fingerprint density at radius 1 is 1.45 bits per heavy atom. The molecule has 0 aliphatic heterocycles. The van der Waals surface area contributed by atoms with Gasteiger partial charge in [0.1, 0.15) is 15.5 Å². The standard InChI is InChI=1S/C14H22N2O3S/c1-4-16-13(8-10(2)15-16)14(17)11-6-5-7-12(9-11)20(3,18)19/h8,11-12H,4-7,9H2,1-3H3.